The first kappa shape index (κ1) is 13.9. The molecule has 1 fully saturated rings. The lowest BCUT2D eigenvalue weighted by Gasteiger charge is -2.47. The third-order valence-corrected chi connectivity index (χ3v) is 2.68. The molecule has 0 aromatic rings. The topological polar surface area (TPSA) is 102 Å². The van der Waals surface area contributed by atoms with Gasteiger partial charge in [-0.05, 0) is 6.92 Å². The number of methoxy groups -OCH3 is 1. The van der Waals surface area contributed by atoms with Crippen molar-refractivity contribution in [2.75, 3.05) is 33.4 Å². The molecule has 0 saturated carbocycles. The van der Waals surface area contributed by atoms with Gasteiger partial charge >= 0.3 is 5.97 Å². The highest BCUT2D eigenvalue weighted by molar-refractivity contribution is 5.82. The summed E-state index contributed by atoms with van der Waals surface area (Å²) in [7, 11) is 1.43. The second-order valence-electron chi connectivity index (χ2n) is 4.29. The predicted octanol–water partition coefficient (Wildman–Crippen LogP) is -1.34. The van der Waals surface area contributed by atoms with Crippen molar-refractivity contribution in [3.05, 3.63) is 0 Å². The zero-order chi connectivity index (χ0) is 13.1. The van der Waals surface area contributed by atoms with Crippen molar-refractivity contribution < 1.29 is 24.2 Å². The number of amides is 1. The zero-order valence-corrected chi connectivity index (χ0v) is 10.0. The van der Waals surface area contributed by atoms with Gasteiger partial charge < -0.3 is 25.2 Å². The summed E-state index contributed by atoms with van der Waals surface area (Å²) in [4.78, 5) is 23.7. The quantitative estimate of drug-likeness (QED) is 0.601. The Hall–Kier alpha value is -1.18. The third-order valence-electron chi connectivity index (χ3n) is 2.68. The molecule has 0 aromatic heterocycles. The molecular weight excluding hydrogens is 228 g/mol. The van der Waals surface area contributed by atoms with E-state index in [0.717, 1.165) is 0 Å². The normalized spacial score (nSPS) is 19.6. The molecule has 1 aliphatic rings. The molecule has 1 unspecified atom stereocenters. The number of nitrogens with two attached hydrogens (primary N) is 1. The highest BCUT2D eigenvalue weighted by Gasteiger charge is 2.44. The molecule has 0 aromatic carbocycles. The number of aliphatic carboxylic acids is 1. The van der Waals surface area contributed by atoms with E-state index in [9.17, 15) is 9.59 Å². The number of hydrogen-bond acceptors (Lipinski definition) is 5. The van der Waals surface area contributed by atoms with Crippen LogP contribution in [0.4, 0.5) is 0 Å². The Morgan fingerprint density at radius 1 is 1.53 bits per heavy atom. The average molecular weight is 246 g/mol. The van der Waals surface area contributed by atoms with Gasteiger partial charge in [-0.1, -0.05) is 0 Å². The second kappa shape index (κ2) is 5.44. The summed E-state index contributed by atoms with van der Waals surface area (Å²) >= 11 is 0. The van der Waals surface area contributed by atoms with Crippen LogP contribution in [0.3, 0.4) is 0 Å². The number of carbonyl (C=O) groups is 2. The minimum absolute atomic E-state index is 0.124. The van der Waals surface area contributed by atoms with Gasteiger partial charge in [0.1, 0.15) is 18.3 Å². The lowest BCUT2D eigenvalue weighted by Crippen LogP contribution is -2.65. The minimum atomic E-state index is -1.02. The number of carboxylic acids is 1. The molecule has 1 amide bonds. The molecule has 0 radical (unpaired) electrons. The Bertz CT molecular complexity index is 297. The van der Waals surface area contributed by atoms with Gasteiger partial charge in [-0.25, -0.2) is 4.79 Å². The number of nitrogens with zero attached hydrogens (tertiary/aromatic N) is 1. The van der Waals surface area contributed by atoms with Crippen LogP contribution < -0.4 is 5.73 Å². The van der Waals surface area contributed by atoms with Crippen molar-refractivity contribution >= 4 is 11.9 Å². The van der Waals surface area contributed by atoms with E-state index in [2.05, 4.69) is 0 Å². The smallest absolute Gasteiger partial charge is 0.329 e. The molecule has 17 heavy (non-hydrogen) atoms. The van der Waals surface area contributed by atoms with Crippen molar-refractivity contribution in [1.29, 1.82) is 0 Å². The van der Waals surface area contributed by atoms with Crippen LogP contribution in [0.1, 0.15) is 6.92 Å². The monoisotopic (exact) mass is 246 g/mol. The number of carboxylic acid groups (broad SMARTS) is 1. The Kier molecular flexibility index (Phi) is 4.44. The number of hydrogen-bond donors (Lipinski definition) is 2. The van der Waals surface area contributed by atoms with Crippen LogP contribution >= 0.6 is 0 Å². The zero-order valence-electron chi connectivity index (χ0n) is 10.0. The Morgan fingerprint density at radius 3 is 2.53 bits per heavy atom. The molecule has 1 aliphatic heterocycles. The fourth-order valence-corrected chi connectivity index (χ4v) is 1.75. The number of ether oxygens (including phenoxy) is 2. The molecular formula is C10H18N2O5. The Labute approximate surface area is 99.5 Å². The van der Waals surface area contributed by atoms with Crippen molar-refractivity contribution in [2.45, 2.75) is 18.6 Å². The number of likely N-dealkylation sites (tertiary alicyclic amines) is 1. The molecule has 98 valence electrons. The second-order valence-corrected chi connectivity index (χ2v) is 4.29. The molecule has 1 heterocycles. The predicted molar refractivity (Wildman–Crippen MR) is 58.4 cm³/mol. The van der Waals surface area contributed by atoms with E-state index < -0.39 is 17.7 Å². The van der Waals surface area contributed by atoms with E-state index in [4.69, 9.17) is 20.3 Å². The van der Waals surface area contributed by atoms with E-state index in [1.165, 1.54) is 7.11 Å². The summed E-state index contributed by atoms with van der Waals surface area (Å²) < 4.78 is 10.1. The van der Waals surface area contributed by atoms with Crippen molar-refractivity contribution in [1.82, 2.24) is 4.90 Å². The Balaban J connectivity index is 2.39. The van der Waals surface area contributed by atoms with Gasteiger partial charge in [-0.2, -0.15) is 0 Å². The molecule has 7 nitrogen and oxygen atoms in total. The Morgan fingerprint density at radius 2 is 2.12 bits per heavy atom. The third kappa shape index (κ3) is 3.39. The van der Waals surface area contributed by atoms with Gasteiger partial charge in [0.25, 0.3) is 5.91 Å². The highest BCUT2D eigenvalue weighted by Crippen LogP contribution is 2.25. The number of carbonyl (C=O) groups excluding carboxylic acids is 1. The van der Waals surface area contributed by atoms with Gasteiger partial charge in [0.2, 0.25) is 0 Å². The maximum atomic E-state index is 11.8. The van der Waals surface area contributed by atoms with Crippen LogP contribution in [0, 0.1) is 0 Å². The van der Waals surface area contributed by atoms with Gasteiger partial charge in [-0.3, -0.25) is 4.79 Å². The largest absolute Gasteiger partial charge is 0.480 e. The van der Waals surface area contributed by atoms with Gasteiger partial charge in [0.15, 0.2) is 0 Å². The molecule has 3 N–H and O–H groups in total. The molecule has 1 rings (SSSR count). The van der Waals surface area contributed by atoms with Crippen molar-refractivity contribution in [3.8, 4) is 0 Å². The van der Waals surface area contributed by atoms with Crippen LogP contribution in [-0.4, -0.2) is 66.9 Å². The van der Waals surface area contributed by atoms with E-state index in [1.807, 2.05) is 0 Å². The fourth-order valence-electron chi connectivity index (χ4n) is 1.75. The summed E-state index contributed by atoms with van der Waals surface area (Å²) in [6.07, 6.45) is -0.640. The first-order chi connectivity index (χ1) is 7.91. The maximum Gasteiger partial charge on any atom is 0.329 e. The molecule has 0 bridgehead atoms. The van der Waals surface area contributed by atoms with Gasteiger partial charge in [-0.15, -0.1) is 0 Å². The van der Waals surface area contributed by atoms with E-state index in [0.29, 0.717) is 13.1 Å². The van der Waals surface area contributed by atoms with Crippen molar-refractivity contribution in [2.24, 2.45) is 5.73 Å². The first-order valence-corrected chi connectivity index (χ1v) is 5.29. The van der Waals surface area contributed by atoms with Gasteiger partial charge in [0.05, 0.1) is 13.1 Å². The standard InChI is InChI=1S/C10H18N2O5/c1-10(17-4-8(13)14)5-12(6-10)9(15)7(3-11)16-2/h7H,3-6,11H2,1-2H3,(H,13,14). The summed E-state index contributed by atoms with van der Waals surface area (Å²) in [6, 6.07) is 0. The molecule has 1 saturated heterocycles. The summed E-state index contributed by atoms with van der Waals surface area (Å²) in [5.41, 5.74) is 4.80. The first-order valence-electron chi connectivity index (χ1n) is 5.29. The van der Waals surface area contributed by atoms with Crippen LogP contribution in [0.15, 0.2) is 0 Å². The van der Waals surface area contributed by atoms with E-state index in [-0.39, 0.29) is 19.1 Å². The molecule has 0 spiro atoms. The van der Waals surface area contributed by atoms with Crippen molar-refractivity contribution in [3.63, 3.8) is 0 Å². The number of rotatable bonds is 6. The summed E-state index contributed by atoms with van der Waals surface area (Å²) in [5.74, 6) is -1.21. The fraction of sp³-hybridized carbons (Fsp3) is 0.800. The minimum Gasteiger partial charge on any atom is -0.480 e. The highest BCUT2D eigenvalue weighted by atomic mass is 16.5. The summed E-state index contributed by atoms with van der Waals surface area (Å²) in [5, 5.41) is 8.49. The molecule has 1 atom stereocenters. The van der Waals surface area contributed by atoms with Crippen LogP contribution in [0.5, 0.6) is 0 Å². The van der Waals surface area contributed by atoms with E-state index >= 15 is 0 Å². The lowest BCUT2D eigenvalue weighted by molar-refractivity contribution is -0.178. The van der Waals surface area contributed by atoms with Crippen LogP contribution in [0.25, 0.3) is 0 Å². The van der Waals surface area contributed by atoms with Gasteiger partial charge in [0, 0.05) is 13.7 Å². The summed E-state index contributed by atoms with van der Waals surface area (Å²) in [6.45, 7) is 2.25. The molecule has 7 heteroatoms. The SMILES string of the molecule is COC(CN)C(=O)N1CC(C)(OCC(=O)O)C1. The lowest BCUT2D eigenvalue weighted by atomic mass is 9.95. The average Bonchev–Trinajstić information content (AvgIpc) is 2.24. The maximum absolute atomic E-state index is 11.8. The van der Waals surface area contributed by atoms with E-state index in [1.54, 1.807) is 11.8 Å². The molecule has 0 aliphatic carbocycles. The van der Waals surface area contributed by atoms with Crippen LogP contribution in [-0.2, 0) is 19.1 Å². The van der Waals surface area contributed by atoms with Crippen LogP contribution in [0.2, 0.25) is 0 Å².